The molecular formula is C18H20N2O4. The van der Waals surface area contributed by atoms with Gasteiger partial charge in [-0.25, -0.2) is 0 Å². The van der Waals surface area contributed by atoms with Crippen LogP contribution in [-0.2, 0) is 9.59 Å². The van der Waals surface area contributed by atoms with Crippen LogP contribution in [-0.4, -0.2) is 24.5 Å². The number of carbonyl (C=O) groups excluding carboxylic acids is 2. The minimum atomic E-state index is -0.609. The summed E-state index contributed by atoms with van der Waals surface area (Å²) in [5.41, 5.74) is 5.59. The Morgan fingerprint density at radius 1 is 1.08 bits per heavy atom. The summed E-state index contributed by atoms with van der Waals surface area (Å²) in [7, 11) is 0. The maximum absolute atomic E-state index is 12.4. The molecule has 0 spiro atoms. The van der Waals surface area contributed by atoms with E-state index in [1.54, 1.807) is 36.4 Å². The van der Waals surface area contributed by atoms with E-state index in [-0.39, 0.29) is 12.5 Å². The summed E-state index contributed by atoms with van der Waals surface area (Å²) in [6.07, 6.45) is -0.0823. The van der Waals surface area contributed by atoms with Gasteiger partial charge in [0.1, 0.15) is 11.5 Å². The molecule has 0 saturated carbocycles. The molecule has 0 aliphatic carbocycles. The fourth-order valence-electron chi connectivity index (χ4n) is 2.03. The van der Waals surface area contributed by atoms with Crippen molar-refractivity contribution in [1.29, 1.82) is 0 Å². The molecule has 0 radical (unpaired) electrons. The molecule has 3 N–H and O–H groups in total. The van der Waals surface area contributed by atoms with E-state index in [4.69, 9.17) is 15.2 Å². The maximum atomic E-state index is 12.4. The Morgan fingerprint density at radius 2 is 1.79 bits per heavy atom. The summed E-state index contributed by atoms with van der Waals surface area (Å²) in [5.74, 6) is 0.266. The van der Waals surface area contributed by atoms with E-state index in [9.17, 15) is 9.59 Å². The first-order chi connectivity index (χ1) is 11.6. The lowest BCUT2D eigenvalue weighted by Gasteiger charge is -2.17. The van der Waals surface area contributed by atoms with Gasteiger partial charge in [-0.1, -0.05) is 31.2 Å². The van der Waals surface area contributed by atoms with Gasteiger partial charge in [0.15, 0.2) is 12.7 Å². The Labute approximate surface area is 140 Å². The van der Waals surface area contributed by atoms with E-state index in [0.29, 0.717) is 23.6 Å². The van der Waals surface area contributed by atoms with Crippen molar-refractivity contribution in [3.8, 4) is 11.5 Å². The van der Waals surface area contributed by atoms with Crippen LogP contribution in [0, 0.1) is 0 Å². The van der Waals surface area contributed by atoms with Crippen molar-refractivity contribution in [2.24, 2.45) is 5.73 Å². The number of primary amides is 1. The van der Waals surface area contributed by atoms with Crippen molar-refractivity contribution in [1.82, 2.24) is 0 Å². The van der Waals surface area contributed by atoms with Crippen LogP contribution in [0.5, 0.6) is 11.5 Å². The number of para-hydroxylation sites is 1. The van der Waals surface area contributed by atoms with Crippen molar-refractivity contribution in [3.05, 3.63) is 54.6 Å². The van der Waals surface area contributed by atoms with Crippen molar-refractivity contribution >= 4 is 17.5 Å². The molecule has 0 saturated heterocycles. The molecule has 2 aromatic carbocycles. The third kappa shape index (κ3) is 5.31. The zero-order valence-corrected chi connectivity index (χ0v) is 13.4. The second-order valence-electron chi connectivity index (χ2n) is 5.10. The van der Waals surface area contributed by atoms with Gasteiger partial charge < -0.3 is 20.5 Å². The standard InChI is InChI=1S/C18H20N2O4/c1-2-16(24-14-8-4-3-5-9-14)18(22)20-13-7-6-10-15(11-13)23-12-17(19)21/h3-11,16H,2,12H2,1H3,(H2,19,21)(H,20,22). The summed E-state index contributed by atoms with van der Waals surface area (Å²) < 4.78 is 10.9. The molecule has 6 nitrogen and oxygen atoms in total. The van der Waals surface area contributed by atoms with Crippen LogP contribution in [0.4, 0.5) is 5.69 Å². The molecular weight excluding hydrogens is 308 g/mol. The lowest BCUT2D eigenvalue weighted by atomic mass is 10.2. The van der Waals surface area contributed by atoms with Crippen LogP contribution in [0.25, 0.3) is 0 Å². The van der Waals surface area contributed by atoms with Gasteiger partial charge in [0.05, 0.1) is 0 Å². The smallest absolute Gasteiger partial charge is 0.265 e. The van der Waals surface area contributed by atoms with Gasteiger partial charge in [0, 0.05) is 11.8 Å². The third-order valence-electron chi connectivity index (χ3n) is 3.17. The highest BCUT2D eigenvalue weighted by Crippen LogP contribution is 2.19. The number of anilines is 1. The normalized spacial score (nSPS) is 11.4. The number of benzene rings is 2. The highest BCUT2D eigenvalue weighted by Gasteiger charge is 2.18. The summed E-state index contributed by atoms with van der Waals surface area (Å²) in [4.78, 5) is 23.1. The topological polar surface area (TPSA) is 90.7 Å². The minimum absolute atomic E-state index is 0.216. The van der Waals surface area contributed by atoms with E-state index in [0.717, 1.165) is 0 Å². The fraction of sp³-hybridized carbons (Fsp3) is 0.222. The Hall–Kier alpha value is -3.02. The van der Waals surface area contributed by atoms with Crippen LogP contribution in [0.15, 0.2) is 54.6 Å². The molecule has 0 bridgehead atoms. The average Bonchev–Trinajstić information content (AvgIpc) is 2.59. The molecule has 126 valence electrons. The number of nitrogens with two attached hydrogens (primary N) is 1. The Morgan fingerprint density at radius 3 is 2.46 bits per heavy atom. The molecule has 2 rings (SSSR count). The van der Waals surface area contributed by atoms with E-state index in [2.05, 4.69) is 5.32 Å². The van der Waals surface area contributed by atoms with Gasteiger partial charge in [0.25, 0.3) is 11.8 Å². The highest BCUT2D eigenvalue weighted by atomic mass is 16.5. The Kier molecular flexibility index (Phi) is 6.19. The zero-order valence-electron chi connectivity index (χ0n) is 13.4. The van der Waals surface area contributed by atoms with E-state index >= 15 is 0 Å². The van der Waals surface area contributed by atoms with Gasteiger partial charge in [-0.15, -0.1) is 0 Å². The third-order valence-corrected chi connectivity index (χ3v) is 3.17. The van der Waals surface area contributed by atoms with Gasteiger partial charge >= 0.3 is 0 Å². The molecule has 2 aromatic rings. The van der Waals surface area contributed by atoms with Crippen molar-refractivity contribution < 1.29 is 19.1 Å². The molecule has 0 aliphatic rings. The molecule has 1 unspecified atom stereocenters. The number of hydrogen-bond acceptors (Lipinski definition) is 4. The highest BCUT2D eigenvalue weighted by molar-refractivity contribution is 5.94. The molecule has 0 heterocycles. The lowest BCUT2D eigenvalue weighted by molar-refractivity contribution is -0.123. The molecule has 6 heteroatoms. The molecule has 0 aliphatic heterocycles. The molecule has 1 atom stereocenters. The van der Waals surface area contributed by atoms with Gasteiger partial charge in [0.2, 0.25) is 0 Å². The fourth-order valence-corrected chi connectivity index (χ4v) is 2.03. The Bertz CT molecular complexity index is 688. The monoisotopic (exact) mass is 328 g/mol. The molecule has 0 fully saturated rings. The second kappa shape index (κ2) is 8.57. The first-order valence-electron chi connectivity index (χ1n) is 7.62. The number of rotatable bonds is 8. The molecule has 2 amide bonds. The second-order valence-corrected chi connectivity index (χ2v) is 5.10. The number of ether oxygens (including phenoxy) is 2. The average molecular weight is 328 g/mol. The zero-order chi connectivity index (χ0) is 17.4. The van der Waals surface area contributed by atoms with Crippen molar-refractivity contribution in [3.63, 3.8) is 0 Å². The van der Waals surface area contributed by atoms with Crippen LogP contribution in [0.1, 0.15) is 13.3 Å². The molecule has 24 heavy (non-hydrogen) atoms. The van der Waals surface area contributed by atoms with E-state index in [1.165, 1.54) is 0 Å². The van der Waals surface area contributed by atoms with Gasteiger partial charge in [-0.2, -0.15) is 0 Å². The summed E-state index contributed by atoms with van der Waals surface area (Å²) >= 11 is 0. The predicted octanol–water partition coefficient (Wildman–Crippen LogP) is 2.35. The summed E-state index contributed by atoms with van der Waals surface area (Å²) in [5, 5.41) is 2.78. The predicted molar refractivity (Wildman–Crippen MR) is 90.9 cm³/mol. The number of hydrogen-bond donors (Lipinski definition) is 2. The van der Waals surface area contributed by atoms with E-state index < -0.39 is 12.0 Å². The van der Waals surface area contributed by atoms with Crippen LogP contribution in [0.3, 0.4) is 0 Å². The quantitative estimate of drug-likeness (QED) is 0.778. The minimum Gasteiger partial charge on any atom is -0.484 e. The van der Waals surface area contributed by atoms with Crippen LogP contribution >= 0.6 is 0 Å². The van der Waals surface area contributed by atoms with Crippen LogP contribution in [0.2, 0.25) is 0 Å². The van der Waals surface area contributed by atoms with E-state index in [1.807, 2.05) is 25.1 Å². The summed E-state index contributed by atoms with van der Waals surface area (Å²) in [6, 6.07) is 15.9. The first-order valence-corrected chi connectivity index (χ1v) is 7.62. The number of nitrogens with one attached hydrogen (secondary N) is 1. The number of amides is 2. The SMILES string of the molecule is CCC(Oc1ccccc1)C(=O)Nc1cccc(OCC(N)=O)c1. The van der Waals surface area contributed by atoms with Crippen LogP contribution < -0.4 is 20.5 Å². The van der Waals surface area contributed by atoms with Gasteiger partial charge in [-0.05, 0) is 30.7 Å². The lowest BCUT2D eigenvalue weighted by Crippen LogP contribution is -2.32. The molecule has 0 aromatic heterocycles. The van der Waals surface area contributed by atoms with Crippen molar-refractivity contribution in [2.75, 3.05) is 11.9 Å². The maximum Gasteiger partial charge on any atom is 0.265 e. The summed E-state index contributed by atoms with van der Waals surface area (Å²) in [6.45, 7) is 1.66. The van der Waals surface area contributed by atoms with Gasteiger partial charge in [-0.3, -0.25) is 9.59 Å². The first kappa shape index (κ1) is 17.3. The largest absolute Gasteiger partial charge is 0.484 e. The Balaban J connectivity index is 1.99. The number of carbonyl (C=O) groups is 2. The van der Waals surface area contributed by atoms with Crippen molar-refractivity contribution in [2.45, 2.75) is 19.4 Å².